The SMILES string of the molecule is Cc1cc(CNc2cc(Br)ccc2N(C)C)cc(C)c1O. The highest BCUT2D eigenvalue weighted by molar-refractivity contribution is 9.10. The highest BCUT2D eigenvalue weighted by atomic mass is 79.9. The van der Waals surface area contributed by atoms with Crippen LogP contribution < -0.4 is 10.2 Å². The average molecular weight is 349 g/mol. The quantitative estimate of drug-likeness (QED) is 0.856. The molecule has 0 atom stereocenters. The topological polar surface area (TPSA) is 35.5 Å². The van der Waals surface area contributed by atoms with E-state index in [0.717, 1.165) is 39.1 Å². The zero-order valence-corrected chi connectivity index (χ0v) is 14.5. The maximum Gasteiger partial charge on any atom is 0.121 e. The van der Waals surface area contributed by atoms with Crippen LogP contribution in [0.3, 0.4) is 0 Å². The van der Waals surface area contributed by atoms with Crippen molar-refractivity contribution >= 4 is 27.3 Å². The van der Waals surface area contributed by atoms with Crippen molar-refractivity contribution in [3.63, 3.8) is 0 Å². The molecule has 0 saturated carbocycles. The first-order valence-corrected chi connectivity index (χ1v) is 7.67. The Kier molecular flexibility index (Phi) is 4.78. The number of hydrogen-bond acceptors (Lipinski definition) is 3. The molecule has 21 heavy (non-hydrogen) atoms. The summed E-state index contributed by atoms with van der Waals surface area (Å²) in [6.07, 6.45) is 0. The average Bonchev–Trinajstić information content (AvgIpc) is 2.42. The molecule has 2 rings (SSSR count). The van der Waals surface area contributed by atoms with Gasteiger partial charge in [0.25, 0.3) is 0 Å². The van der Waals surface area contributed by atoms with Crippen LogP contribution in [-0.2, 0) is 6.54 Å². The zero-order chi connectivity index (χ0) is 15.6. The van der Waals surface area contributed by atoms with E-state index in [9.17, 15) is 5.11 Å². The van der Waals surface area contributed by atoms with Crippen molar-refractivity contribution in [1.82, 2.24) is 0 Å². The lowest BCUT2D eigenvalue weighted by atomic mass is 10.1. The summed E-state index contributed by atoms with van der Waals surface area (Å²) in [6, 6.07) is 10.2. The molecule has 0 aromatic heterocycles. The number of nitrogens with zero attached hydrogens (tertiary/aromatic N) is 1. The first-order chi connectivity index (χ1) is 9.88. The van der Waals surface area contributed by atoms with Crippen LogP contribution in [0.15, 0.2) is 34.8 Å². The minimum atomic E-state index is 0.384. The predicted octanol–water partition coefficient (Wildman–Crippen LogP) is 4.45. The number of anilines is 2. The van der Waals surface area contributed by atoms with Gasteiger partial charge in [0.2, 0.25) is 0 Å². The number of aromatic hydroxyl groups is 1. The first-order valence-electron chi connectivity index (χ1n) is 6.88. The van der Waals surface area contributed by atoms with Gasteiger partial charge in [-0.05, 0) is 48.7 Å². The second-order valence-electron chi connectivity index (χ2n) is 5.49. The number of benzene rings is 2. The Balaban J connectivity index is 2.22. The Labute approximate surface area is 134 Å². The zero-order valence-electron chi connectivity index (χ0n) is 12.9. The van der Waals surface area contributed by atoms with Crippen LogP contribution in [-0.4, -0.2) is 19.2 Å². The second-order valence-corrected chi connectivity index (χ2v) is 6.40. The first kappa shape index (κ1) is 15.7. The number of halogens is 1. The molecular formula is C17H21BrN2O. The molecule has 0 heterocycles. The van der Waals surface area contributed by atoms with Crippen molar-refractivity contribution in [1.29, 1.82) is 0 Å². The fourth-order valence-corrected chi connectivity index (χ4v) is 2.75. The Morgan fingerprint density at radius 3 is 2.29 bits per heavy atom. The molecule has 0 aliphatic heterocycles. The van der Waals surface area contributed by atoms with Gasteiger partial charge in [-0.3, -0.25) is 0 Å². The van der Waals surface area contributed by atoms with Crippen molar-refractivity contribution in [2.24, 2.45) is 0 Å². The van der Waals surface area contributed by atoms with Crippen molar-refractivity contribution in [2.75, 3.05) is 24.3 Å². The molecule has 0 bridgehead atoms. The van der Waals surface area contributed by atoms with Crippen molar-refractivity contribution < 1.29 is 5.11 Å². The van der Waals surface area contributed by atoms with E-state index in [1.807, 2.05) is 46.1 Å². The number of aryl methyl sites for hydroxylation is 2. The van der Waals surface area contributed by atoms with Gasteiger partial charge in [-0.1, -0.05) is 28.1 Å². The number of hydrogen-bond donors (Lipinski definition) is 2. The Bertz CT molecular complexity index is 630. The van der Waals surface area contributed by atoms with E-state index >= 15 is 0 Å². The van der Waals surface area contributed by atoms with Crippen LogP contribution >= 0.6 is 15.9 Å². The van der Waals surface area contributed by atoms with Crippen LogP contribution in [0.2, 0.25) is 0 Å². The van der Waals surface area contributed by atoms with E-state index in [1.165, 1.54) is 0 Å². The van der Waals surface area contributed by atoms with Crippen LogP contribution in [0.5, 0.6) is 5.75 Å². The maximum absolute atomic E-state index is 9.84. The highest BCUT2D eigenvalue weighted by Gasteiger charge is 2.07. The molecule has 0 aliphatic rings. The molecule has 4 heteroatoms. The van der Waals surface area contributed by atoms with Crippen molar-refractivity contribution in [3.05, 3.63) is 51.5 Å². The molecule has 0 amide bonds. The smallest absolute Gasteiger partial charge is 0.121 e. The molecule has 2 aromatic carbocycles. The van der Waals surface area contributed by atoms with Gasteiger partial charge >= 0.3 is 0 Å². The molecule has 0 spiro atoms. The van der Waals surface area contributed by atoms with Gasteiger partial charge < -0.3 is 15.3 Å². The number of nitrogens with one attached hydrogen (secondary N) is 1. The summed E-state index contributed by atoms with van der Waals surface area (Å²) in [7, 11) is 4.06. The molecule has 112 valence electrons. The lowest BCUT2D eigenvalue weighted by molar-refractivity contribution is 0.466. The van der Waals surface area contributed by atoms with Gasteiger partial charge in [0.05, 0.1) is 11.4 Å². The van der Waals surface area contributed by atoms with Gasteiger partial charge in [-0.25, -0.2) is 0 Å². The second kappa shape index (κ2) is 6.39. The summed E-state index contributed by atoms with van der Waals surface area (Å²) in [6.45, 7) is 4.58. The highest BCUT2D eigenvalue weighted by Crippen LogP contribution is 2.29. The fourth-order valence-electron chi connectivity index (χ4n) is 2.38. The number of rotatable bonds is 4. The van der Waals surface area contributed by atoms with Crippen LogP contribution in [0, 0.1) is 13.8 Å². The van der Waals surface area contributed by atoms with Gasteiger partial charge in [0, 0.05) is 25.1 Å². The number of phenols is 1. The van der Waals surface area contributed by atoms with E-state index in [-0.39, 0.29) is 0 Å². The molecule has 0 saturated heterocycles. The van der Waals surface area contributed by atoms with Crippen LogP contribution in [0.1, 0.15) is 16.7 Å². The minimum absolute atomic E-state index is 0.384. The summed E-state index contributed by atoms with van der Waals surface area (Å²) in [5, 5.41) is 13.3. The van der Waals surface area contributed by atoms with E-state index in [0.29, 0.717) is 5.75 Å². The summed E-state index contributed by atoms with van der Waals surface area (Å²) >= 11 is 3.51. The Hall–Kier alpha value is -1.68. The van der Waals surface area contributed by atoms with Gasteiger partial charge in [-0.2, -0.15) is 0 Å². The molecule has 0 unspecified atom stereocenters. The Morgan fingerprint density at radius 1 is 1.10 bits per heavy atom. The van der Waals surface area contributed by atoms with Crippen LogP contribution in [0.4, 0.5) is 11.4 Å². The molecule has 2 aromatic rings. The van der Waals surface area contributed by atoms with Gasteiger partial charge in [0.15, 0.2) is 0 Å². The van der Waals surface area contributed by atoms with Crippen molar-refractivity contribution in [2.45, 2.75) is 20.4 Å². The molecule has 0 fully saturated rings. The summed E-state index contributed by atoms with van der Waals surface area (Å²) in [5.41, 5.74) is 5.21. The molecular weight excluding hydrogens is 328 g/mol. The lowest BCUT2D eigenvalue weighted by Gasteiger charge is -2.19. The van der Waals surface area contributed by atoms with E-state index in [1.54, 1.807) is 0 Å². The lowest BCUT2D eigenvalue weighted by Crippen LogP contribution is -2.12. The van der Waals surface area contributed by atoms with E-state index in [2.05, 4.69) is 38.3 Å². The van der Waals surface area contributed by atoms with E-state index < -0.39 is 0 Å². The normalized spacial score (nSPS) is 10.5. The molecule has 3 nitrogen and oxygen atoms in total. The van der Waals surface area contributed by atoms with Gasteiger partial charge in [-0.15, -0.1) is 0 Å². The maximum atomic E-state index is 9.84. The minimum Gasteiger partial charge on any atom is -0.507 e. The van der Waals surface area contributed by atoms with E-state index in [4.69, 9.17) is 0 Å². The third-order valence-electron chi connectivity index (χ3n) is 3.47. The molecule has 0 radical (unpaired) electrons. The molecule has 0 aliphatic carbocycles. The van der Waals surface area contributed by atoms with Crippen LogP contribution in [0.25, 0.3) is 0 Å². The summed E-state index contributed by atoms with van der Waals surface area (Å²) < 4.78 is 1.05. The third-order valence-corrected chi connectivity index (χ3v) is 3.97. The predicted molar refractivity (Wildman–Crippen MR) is 93.4 cm³/mol. The van der Waals surface area contributed by atoms with Gasteiger partial charge in [0.1, 0.15) is 5.75 Å². The monoisotopic (exact) mass is 348 g/mol. The summed E-state index contributed by atoms with van der Waals surface area (Å²) in [5.74, 6) is 0.384. The fraction of sp³-hybridized carbons (Fsp3) is 0.294. The standard InChI is InChI=1S/C17H21BrN2O/c1-11-7-13(8-12(2)17(11)21)10-19-15-9-14(18)5-6-16(15)20(3)4/h5-9,19,21H,10H2,1-4H3. The Morgan fingerprint density at radius 2 is 1.71 bits per heavy atom. The number of phenolic OH excluding ortho intramolecular Hbond substituents is 1. The summed E-state index contributed by atoms with van der Waals surface area (Å²) in [4.78, 5) is 2.09. The molecule has 2 N–H and O–H groups in total. The van der Waals surface area contributed by atoms with Crippen molar-refractivity contribution in [3.8, 4) is 5.75 Å². The largest absolute Gasteiger partial charge is 0.507 e. The third kappa shape index (κ3) is 3.70.